The molecular formula is C10H21NO2. The third-order valence-corrected chi connectivity index (χ3v) is 3.30. The predicted molar refractivity (Wildman–Crippen MR) is 52.8 cm³/mol. The lowest BCUT2D eigenvalue weighted by Gasteiger charge is -2.47. The van der Waals surface area contributed by atoms with Crippen molar-refractivity contribution in [3.63, 3.8) is 0 Å². The van der Waals surface area contributed by atoms with Crippen LogP contribution >= 0.6 is 0 Å². The number of ether oxygens (including phenoxy) is 1. The van der Waals surface area contributed by atoms with Crippen molar-refractivity contribution in [3.05, 3.63) is 0 Å². The van der Waals surface area contributed by atoms with Gasteiger partial charge in [-0.1, -0.05) is 0 Å². The molecule has 1 heterocycles. The molecule has 0 saturated carbocycles. The molecule has 0 aromatic heterocycles. The molecule has 1 rings (SSSR count). The molecule has 0 atom stereocenters. The molecule has 1 N–H and O–H groups in total. The van der Waals surface area contributed by atoms with E-state index in [9.17, 15) is 5.11 Å². The van der Waals surface area contributed by atoms with Crippen LogP contribution in [-0.2, 0) is 4.74 Å². The van der Waals surface area contributed by atoms with E-state index < -0.39 is 5.60 Å². The summed E-state index contributed by atoms with van der Waals surface area (Å²) in [5, 5.41) is 10.0. The SMILES string of the molecule is CC(C)(O)C(C)(C)N1CCOCC1. The summed E-state index contributed by atoms with van der Waals surface area (Å²) < 4.78 is 5.28. The van der Waals surface area contributed by atoms with E-state index in [4.69, 9.17) is 4.74 Å². The van der Waals surface area contributed by atoms with Gasteiger partial charge in [-0.15, -0.1) is 0 Å². The second-order valence-electron chi connectivity index (χ2n) is 4.72. The molecule has 0 spiro atoms. The van der Waals surface area contributed by atoms with Gasteiger partial charge in [0.2, 0.25) is 0 Å². The number of hydrogen-bond donors (Lipinski definition) is 1. The molecule has 0 aromatic carbocycles. The van der Waals surface area contributed by atoms with Crippen molar-refractivity contribution >= 4 is 0 Å². The summed E-state index contributed by atoms with van der Waals surface area (Å²) >= 11 is 0. The molecule has 1 aliphatic rings. The molecule has 3 nitrogen and oxygen atoms in total. The molecule has 1 aliphatic heterocycles. The highest BCUT2D eigenvalue weighted by Gasteiger charge is 2.40. The van der Waals surface area contributed by atoms with Gasteiger partial charge in [0.15, 0.2) is 0 Å². The largest absolute Gasteiger partial charge is 0.389 e. The Labute approximate surface area is 80.7 Å². The highest BCUT2D eigenvalue weighted by molar-refractivity contribution is 4.96. The first kappa shape index (κ1) is 11.0. The molecule has 1 fully saturated rings. The van der Waals surface area contributed by atoms with Crippen molar-refractivity contribution in [2.45, 2.75) is 38.8 Å². The van der Waals surface area contributed by atoms with Crippen molar-refractivity contribution in [1.29, 1.82) is 0 Å². The van der Waals surface area contributed by atoms with Crippen LogP contribution < -0.4 is 0 Å². The molecule has 0 unspecified atom stereocenters. The number of morpholine rings is 1. The Balaban J connectivity index is 2.67. The van der Waals surface area contributed by atoms with E-state index in [1.165, 1.54) is 0 Å². The van der Waals surface area contributed by atoms with E-state index in [2.05, 4.69) is 18.7 Å². The Morgan fingerprint density at radius 3 is 1.92 bits per heavy atom. The van der Waals surface area contributed by atoms with E-state index in [0.29, 0.717) is 0 Å². The van der Waals surface area contributed by atoms with Crippen LogP contribution in [0.25, 0.3) is 0 Å². The standard InChI is InChI=1S/C10H21NO2/c1-9(2,10(3,4)12)11-5-7-13-8-6-11/h12H,5-8H2,1-4H3. The van der Waals surface area contributed by atoms with Gasteiger partial charge >= 0.3 is 0 Å². The zero-order chi connectivity index (χ0) is 10.1. The van der Waals surface area contributed by atoms with Gasteiger partial charge in [-0.2, -0.15) is 0 Å². The van der Waals surface area contributed by atoms with Gasteiger partial charge in [-0.25, -0.2) is 0 Å². The molecular weight excluding hydrogens is 166 g/mol. The zero-order valence-corrected chi connectivity index (χ0v) is 9.13. The highest BCUT2D eigenvalue weighted by atomic mass is 16.5. The number of rotatable bonds is 2. The van der Waals surface area contributed by atoms with Crippen LogP contribution in [0.4, 0.5) is 0 Å². The summed E-state index contributed by atoms with van der Waals surface area (Å²) in [5.41, 5.74) is -0.860. The Kier molecular flexibility index (Phi) is 3.00. The second kappa shape index (κ2) is 3.56. The lowest BCUT2D eigenvalue weighted by molar-refractivity contribution is -0.103. The molecule has 0 bridgehead atoms. The average Bonchev–Trinajstić information content (AvgIpc) is 2.04. The van der Waals surface area contributed by atoms with Gasteiger partial charge in [0.25, 0.3) is 0 Å². The Morgan fingerprint density at radius 1 is 1.08 bits per heavy atom. The summed E-state index contributed by atoms with van der Waals surface area (Å²) in [5.74, 6) is 0. The third-order valence-electron chi connectivity index (χ3n) is 3.30. The number of hydrogen-bond acceptors (Lipinski definition) is 3. The maximum atomic E-state index is 10.0. The van der Waals surface area contributed by atoms with E-state index in [1.807, 2.05) is 13.8 Å². The minimum absolute atomic E-state index is 0.184. The Morgan fingerprint density at radius 2 is 1.54 bits per heavy atom. The fourth-order valence-electron chi connectivity index (χ4n) is 1.51. The first-order chi connectivity index (χ1) is 5.86. The monoisotopic (exact) mass is 187 g/mol. The van der Waals surface area contributed by atoms with E-state index >= 15 is 0 Å². The number of nitrogens with zero attached hydrogens (tertiary/aromatic N) is 1. The Hall–Kier alpha value is -0.120. The van der Waals surface area contributed by atoms with Crippen LogP contribution in [0.1, 0.15) is 27.7 Å². The molecule has 0 amide bonds. The van der Waals surface area contributed by atoms with Crippen molar-refractivity contribution in [1.82, 2.24) is 4.90 Å². The van der Waals surface area contributed by atoms with Crippen LogP contribution in [-0.4, -0.2) is 47.4 Å². The van der Waals surface area contributed by atoms with E-state index in [0.717, 1.165) is 26.3 Å². The summed E-state index contributed by atoms with van der Waals surface area (Å²) in [6.07, 6.45) is 0. The van der Waals surface area contributed by atoms with E-state index in [1.54, 1.807) is 0 Å². The average molecular weight is 187 g/mol. The lowest BCUT2D eigenvalue weighted by atomic mass is 9.84. The van der Waals surface area contributed by atoms with Crippen LogP contribution in [0.15, 0.2) is 0 Å². The molecule has 3 heteroatoms. The molecule has 1 saturated heterocycles. The first-order valence-electron chi connectivity index (χ1n) is 4.91. The summed E-state index contributed by atoms with van der Waals surface area (Å²) in [4.78, 5) is 2.29. The first-order valence-corrected chi connectivity index (χ1v) is 4.91. The normalized spacial score (nSPS) is 21.9. The van der Waals surface area contributed by atoms with Gasteiger partial charge in [0.05, 0.1) is 18.8 Å². The number of aliphatic hydroxyl groups is 1. The van der Waals surface area contributed by atoms with Gasteiger partial charge in [0, 0.05) is 18.6 Å². The third kappa shape index (κ3) is 2.22. The van der Waals surface area contributed by atoms with Crippen molar-refractivity contribution in [3.8, 4) is 0 Å². The smallest absolute Gasteiger partial charge is 0.0769 e. The topological polar surface area (TPSA) is 32.7 Å². The minimum Gasteiger partial charge on any atom is -0.389 e. The second-order valence-corrected chi connectivity index (χ2v) is 4.72. The fourth-order valence-corrected chi connectivity index (χ4v) is 1.51. The van der Waals surface area contributed by atoms with Crippen molar-refractivity contribution in [2.24, 2.45) is 0 Å². The van der Waals surface area contributed by atoms with E-state index in [-0.39, 0.29) is 5.54 Å². The molecule has 0 radical (unpaired) electrons. The molecule has 0 aromatic rings. The van der Waals surface area contributed by atoms with Gasteiger partial charge < -0.3 is 9.84 Å². The predicted octanol–water partition coefficient (Wildman–Crippen LogP) is 0.868. The minimum atomic E-state index is -0.676. The van der Waals surface area contributed by atoms with Crippen LogP contribution in [0, 0.1) is 0 Å². The maximum Gasteiger partial charge on any atom is 0.0769 e. The Bertz CT molecular complexity index is 166. The molecule has 13 heavy (non-hydrogen) atoms. The summed E-state index contributed by atoms with van der Waals surface area (Å²) in [6, 6.07) is 0. The van der Waals surface area contributed by atoms with Crippen molar-refractivity contribution in [2.75, 3.05) is 26.3 Å². The highest BCUT2D eigenvalue weighted by Crippen LogP contribution is 2.28. The zero-order valence-electron chi connectivity index (χ0n) is 9.13. The summed E-state index contributed by atoms with van der Waals surface area (Å²) in [7, 11) is 0. The quantitative estimate of drug-likeness (QED) is 0.696. The summed E-state index contributed by atoms with van der Waals surface area (Å²) in [6.45, 7) is 11.3. The molecule has 0 aliphatic carbocycles. The maximum absolute atomic E-state index is 10.0. The molecule has 78 valence electrons. The van der Waals surface area contributed by atoms with Crippen LogP contribution in [0.3, 0.4) is 0 Å². The van der Waals surface area contributed by atoms with Gasteiger partial charge in [0.1, 0.15) is 0 Å². The van der Waals surface area contributed by atoms with Gasteiger partial charge in [-0.05, 0) is 27.7 Å². The van der Waals surface area contributed by atoms with Crippen LogP contribution in [0.5, 0.6) is 0 Å². The van der Waals surface area contributed by atoms with Gasteiger partial charge in [-0.3, -0.25) is 4.90 Å². The fraction of sp³-hybridized carbons (Fsp3) is 1.00. The van der Waals surface area contributed by atoms with Crippen molar-refractivity contribution < 1.29 is 9.84 Å². The van der Waals surface area contributed by atoms with Crippen LogP contribution in [0.2, 0.25) is 0 Å². The lowest BCUT2D eigenvalue weighted by Crippen LogP contribution is -2.60.